The SMILES string of the molecule is CCCCOC(=O)c1ccccc1.O=Cc1ccccc1.c1ccc2c(c1)CCCC2. The average Bonchev–Trinajstić information content (AvgIpc) is 2.86. The lowest BCUT2D eigenvalue weighted by Gasteiger charge is -2.13. The van der Waals surface area contributed by atoms with E-state index in [0.29, 0.717) is 12.2 Å². The summed E-state index contributed by atoms with van der Waals surface area (Å²) in [5.41, 5.74) is 4.51. The van der Waals surface area contributed by atoms with Gasteiger partial charge in [-0.3, -0.25) is 4.79 Å². The quantitative estimate of drug-likeness (QED) is 0.264. The molecule has 0 aromatic heterocycles. The molecule has 0 N–H and O–H groups in total. The summed E-state index contributed by atoms with van der Waals surface area (Å²) in [7, 11) is 0. The van der Waals surface area contributed by atoms with Crippen LogP contribution in [0.4, 0.5) is 0 Å². The Kier molecular flexibility index (Phi) is 11.4. The number of hydrogen-bond acceptors (Lipinski definition) is 3. The third-order valence-electron chi connectivity index (χ3n) is 4.94. The van der Waals surface area contributed by atoms with Crippen molar-refractivity contribution in [1.82, 2.24) is 0 Å². The second kappa shape index (κ2) is 14.7. The lowest BCUT2D eigenvalue weighted by atomic mass is 9.92. The highest BCUT2D eigenvalue weighted by Gasteiger charge is 2.06. The third-order valence-corrected chi connectivity index (χ3v) is 4.94. The molecule has 0 atom stereocenters. The molecule has 3 aromatic rings. The van der Waals surface area contributed by atoms with Crippen molar-refractivity contribution >= 4 is 12.3 Å². The molecular weight excluding hydrogens is 384 g/mol. The molecule has 3 heteroatoms. The van der Waals surface area contributed by atoms with E-state index in [1.807, 2.05) is 36.4 Å². The average molecular weight is 417 g/mol. The van der Waals surface area contributed by atoms with Gasteiger partial charge in [-0.15, -0.1) is 0 Å². The minimum Gasteiger partial charge on any atom is -0.462 e. The molecule has 162 valence electrons. The molecule has 1 aliphatic rings. The summed E-state index contributed by atoms with van der Waals surface area (Å²) in [5.74, 6) is -0.228. The van der Waals surface area contributed by atoms with Gasteiger partial charge in [0.2, 0.25) is 0 Å². The topological polar surface area (TPSA) is 43.4 Å². The zero-order chi connectivity index (χ0) is 22.2. The Hall–Kier alpha value is -3.20. The molecule has 0 spiro atoms. The second-order valence-corrected chi connectivity index (χ2v) is 7.36. The van der Waals surface area contributed by atoms with Gasteiger partial charge >= 0.3 is 5.97 Å². The van der Waals surface area contributed by atoms with E-state index in [0.717, 1.165) is 24.7 Å². The van der Waals surface area contributed by atoms with Crippen LogP contribution in [0.5, 0.6) is 0 Å². The van der Waals surface area contributed by atoms with Gasteiger partial charge in [0.25, 0.3) is 0 Å². The zero-order valence-corrected chi connectivity index (χ0v) is 18.3. The van der Waals surface area contributed by atoms with Gasteiger partial charge in [0.15, 0.2) is 0 Å². The smallest absolute Gasteiger partial charge is 0.338 e. The van der Waals surface area contributed by atoms with Crippen LogP contribution in [-0.2, 0) is 17.6 Å². The van der Waals surface area contributed by atoms with Gasteiger partial charge in [-0.1, -0.05) is 86.1 Å². The van der Waals surface area contributed by atoms with Crippen LogP contribution in [0.25, 0.3) is 0 Å². The minimum atomic E-state index is -0.228. The predicted octanol–water partition coefficient (Wildman–Crippen LogP) is 6.71. The van der Waals surface area contributed by atoms with Gasteiger partial charge in [-0.25, -0.2) is 4.79 Å². The van der Waals surface area contributed by atoms with E-state index < -0.39 is 0 Å². The fraction of sp³-hybridized carbons (Fsp3) is 0.286. The molecule has 0 bridgehead atoms. The number of aldehydes is 1. The summed E-state index contributed by atoms with van der Waals surface area (Å²) < 4.78 is 5.03. The van der Waals surface area contributed by atoms with Gasteiger partial charge < -0.3 is 4.74 Å². The van der Waals surface area contributed by atoms with E-state index in [4.69, 9.17) is 4.74 Å². The van der Waals surface area contributed by atoms with Gasteiger partial charge in [0.1, 0.15) is 6.29 Å². The highest BCUT2D eigenvalue weighted by atomic mass is 16.5. The summed E-state index contributed by atoms with van der Waals surface area (Å²) in [5, 5.41) is 0. The van der Waals surface area contributed by atoms with Gasteiger partial charge in [-0.2, -0.15) is 0 Å². The summed E-state index contributed by atoms with van der Waals surface area (Å²) in [4.78, 5) is 21.3. The van der Waals surface area contributed by atoms with Crippen molar-refractivity contribution in [2.24, 2.45) is 0 Å². The number of esters is 1. The Balaban J connectivity index is 0.000000170. The standard InChI is InChI=1S/C11H14O2.C10H12.C7H6O/c1-2-3-9-13-11(12)10-7-5-4-6-8-10;1-2-6-10-8-4-3-7-9(10)5-1;8-6-7-4-2-1-3-5-7/h4-8H,2-3,9H2,1H3;1-2,5-6H,3-4,7-8H2;1-6H. The second-order valence-electron chi connectivity index (χ2n) is 7.36. The van der Waals surface area contributed by atoms with Crippen molar-refractivity contribution in [2.45, 2.75) is 45.4 Å². The van der Waals surface area contributed by atoms with E-state index in [2.05, 4.69) is 31.2 Å². The van der Waals surface area contributed by atoms with Crippen LogP contribution in [0.1, 0.15) is 64.4 Å². The number of benzene rings is 3. The molecule has 0 radical (unpaired) electrons. The summed E-state index contributed by atoms with van der Waals surface area (Å²) in [6.45, 7) is 2.58. The first-order chi connectivity index (χ1) is 15.2. The predicted molar refractivity (Wildman–Crippen MR) is 127 cm³/mol. The van der Waals surface area contributed by atoms with E-state index in [-0.39, 0.29) is 5.97 Å². The van der Waals surface area contributed by atoms with Crippen molar-refractivity contribution in [1.29, 1.82) is 0 Å². The fourth-order valence-corrected chi connectivity index (χ4v) is 3.17. The summed E-state index contributed by atoms with van der Waals surface area (Å²) in [6, 6.07) is 27.0. The van der Waals surface area contributed by atoms with Gasteiger partial charge in [0, 0.05) is 5.56 Å². The molecule has 0 aliphatic heterocycles. The molecule has 31 heavy (non-hydrogen) atoms. The molecule has 0 saturated heterocycles. The Labute approximate surface area is 186 Å². The molecule has 4 rings (SSSR count). The van der Waals surface area contributed by atoms with E-state index in [9.17, 15) is 9.59 Å². The van der Waals surface area contributed by atoms with Crippen molar-refractivity contribution in [2.75, 3.05) is 6.61 Å². The van der Waals surface area contributed by atoms with Crippen LogP contribution in [0.15, 0.2) is 84.9 Å². The monoisotopic (exact) mass is 416 g/mol. The molecule has 0 unspecified atom stereocenters. The number of ether oxygens (including phenoxy) is 1. The van der Waals surface area contributed by atoms with Crippen LogP contribution in [0.2, 0.25) is 0 Å². The fourth-order valence-electron chi connectivity index (χ4n) is 3.17. The Morgan fingerprint density at radius 3 is 1.81 bits per heavy atom. The van der Waals surface area contributed by atoms with E-state index in [1.165, 1.54) is 25.7 Å². The molecule has 0 heterocycles. The third kappa shape index (κ3) is 9.43. The summed E-state index contributed by atoms with van der Waals surface area (Å²) >= 11 is 0. The largest absolute Gasteiger partial charge is 0.462 e. The van der Waals surface area contributed by atoms with Crippen molar-refractivity contribution in [3.05, 3.63) is 107 Å². The van der Waals surface area contributed by atoms with E-state index >= 15 is 0 Å². The van der Waals surface area contributed by atoms with Crippen LogP contribution in [-0.4, -0.2) is 18.9 Å². The maximum Gasteiger partial charge on any atom is 0.338 e. The van der Waals surface area contributed by atoms with Crippen LogP contribution in [0.3, 0.4) is 0 Å². The Bertz CT molecular complexity index is 863. The highest BCUT2D eigenvalue weighted by molar-refractivity contribution is 5.89. The number of hydrogen-bond donors (Lipinski definition) is 0. The first kappa shape index (κ1) is 24.1. The van der Waals surface area contributed by atoms with Crippen LogP contribution in [0, 0.1) is 0 Å². The lowest BCUT2D eigenvalue weighted by molar-refractivity contribution is 0.0499. The normalized spacial score (nSPS) is 11.5. The first-order valence-corrected chi connectivity index (χ1v) is 11.0. The van der Waals surface area contributed by atoms with Crippen molar-refractivity contribution < 1.29 is 14.3 Å². The number of rotatable bonds is 5. The van der Waals surface area contributed by atoms with Crippen LogP contribution < -0.4 is 0 Å². The first-order valence-electron chi connectivity index (χ1n) is 11.0. The molecule has 3 aromatic carbocycles. The van der Waals surface area contributed by atoms with Gasteiger partial charge in [-0.05, 0) is 55.4 Å². The highest BCUT2D eigenvalue weighted by Crippen LogP contribution is 2.19. The molecule has 0 amide bonds. The minimum absolute atomic E-state index is 0.228. The Morgan fingerprint density at radius 1 is 0.806 bits per heavy atom. The zero-order valence-electron chi connectivity index (χ0n) is 18.3. The number of carbonyl (C=O) groups is 2. The lowest BCUT2D eigenvalue weighted by Crippen LogP contribution is -2.05. The van der Waals surface area contributed by atoms with Crippen molar-refractivity contribution in [3.8, 4) is 0 Å². The summed E-state index contributed by atoms with van der Waals surface area (Å²) in [6.07, 6.45) is 8.18. The number of fused-ring (bicyclic) bond motifs is 1. The molecule has 3 nitrogen and oxygen atoms in total. The van der Waals surface area contributed by atoms with Crippen molar-refractivity contribution in [3.63, 3.8) is 0 Å². The van der Waals surface area contributed by atoms with Crippen LogP contribution >= 0.6 is 0 Å². The number of unbranched alkanes of at least 4 members (excludes halogenated alkanes) is 1. The molecule has 0 saturated carbocycles. The molecular formula is C28H32O3. The molecule has 1 aliphatic carbocycles. The Morgan fingerprint density at radius 2 is 1.32 bits per heavy atom. The maximum atomic E-state index is 11.3. The van der Waals surface area contributed by atoms with Gasteiger partial charge in [0.05, 0.1) is 12.2 Å². The number of carbonyl (C=O) groups excluding carboxylic acids is 2. The number of aryl methyl sites for hydroxylation is 2. The molecule has 0 fully saturated rings. The van der Waals surface area contributed by atoms with E-state index in [1.54, 1.807) is 35.4 Å². The maximum absolute atomic E-state index is 11.3.